The number of nitrogens with zero attached hydrogens (tertiary/aromatic N) is 1. The molecule has 0 saturated carbocycles. The van der Waals surface area contributed by atoms with Crippen molar-refractivity contribution in [1.82, 2.24) is 0 Å². The summed E-state index contributed by atoms with van der Waals surface area (Å²) >= 11 is 0. The molecule has 9 heavy (non-hydrogen) atoms. The van der Waals surface area contributed by atoms with Gasteiger partial charge in [0, 0.05) is 12.1 Å². The molecule has 0 amide bonds. The van der Waals surface area contributed by atoms with Crippen LogP contribution in [-0.2, 0) is 0 Å². The van der Waals surface area contributed by atoms with Crippen molar-refractivity contribution < 1.29 is 0 Å². The number of allylic oxidation sites excluding steroid dienone is 1. The van der Waals surface area contributed by atoms with Gasteiger partial charge in [-0.1, -0.05) is 12.2 Å². The molecule has 2 unspecified atom stereocenters. The van der Waals surface area contributed by atoms with Crippen LogP contribution in [0.25, 0.3) is 0 Å². The molecule has 1 heteroatoms. The summed E-state index contributed by atoms with van der Waals surface area (Å²) in [6, 6.07) is 0.625. The molecule has 0 saturated heterocycles. The second-order valence-corrected chi connectivity index (χ2v) is 2.86. The van der Waals surface area contributed by atoms with Crippen LogP contribution in [0.4, 0.5) is 0 Å². The van der Waals surface area contributed by atoms with E-state index in [1.54, 1.807) is 0 Å². The minimum absolute atomic E-state index is 0.625. The molecule has 48 valence electrons. The molecule has 3 rings (SSSR count). The Morgan fingerprint density at radius 3 is 3.11 bits per heavy atom. The van der Waals surface area contributed by atoms with E-state index in [0.717, 1.165) is 0 Å². The van der Waals surface area contributed by atoms with Crippen molar-refractivity contribution in [3.05, 3.63) is 12.2 Å². The SMILES string of the molecule is C1=CC2C=NC(C1)CC2. The molecule has 1 nitrogen and oxygen atoms in total. The third-order valence-electron chi connectivity index (χ3n) is 2.11. The number of rotatable bonds is 0. The molecule has 0 aromatic heterocycles. The van der Waals surface area contributed by atoms with E-state index in [1.165, 1.54) is 19.3 Å². The summed E-state index contributed by atoms with van der Waals surface area (Å²) in [5, 5.41) is 0. The Bertz CT molecular complexity index is 158. The Balaban J connectivity index is 2.26. The summed E-state index contributed by atoms with van der Waals surface area (Å²) in [4.78, 5) is 4.40. The summed E-state index contributed by atoms with van der Waals surface area (Å²) in [5.74, 6) is 0.670. The maximum absolute atomic E-state index is 4.40. The summed E-state index contributed by atoms with van der Waals surface area (Å²) in [5.41, 5.74) is 0. The van der Waals surface area contributed by atoms with Gasteiger partial charge in [0.1, 0.15) is 0 Å². The van der Waals surface area contributed by atoms with E-state index in [1.807, 2.05) is 0 Å². The minimum atomic E-state index is 0.625. The highest BCUT2D eigenvalue weighted by atomic mass is 14.8. The summed E-state index contributed by atoms with van der Waals surface area (Å²) in [7, 11) is 0. The average Bonchev–Trinajstić information content (AvgIpc) is 2.21. The van der Waals surface area contributed by atoms with Gasteiger partial charge in [-0.2, -0.15) is 0 Å². The van der Waals surface area contributed by atoms with Gasteiger partial charge in [-0.05, 0) is 19.3 Å². The first kappa shape index (κ1) is 5.21. The molecule has 0 spiro atoms. The lowest BCUT2D eigenvalue weighted by Crippen LogP contribution is -2.11. The fourth-order valence-corrected chi connectivity index (χ4v) is 1.50. The Hall–Kier alpha value is -0.590. The second kappa shape index (κ2) is 1.98. The van der Waals surface area contributed by atoms with Crippen LogP contribution >= 0.6 is 0 Å². The summed E-state index contributed by atoms with van der Waals surface area (Å²) in [6.07, 6.45) is 10.5. The Kier molecular flexibility index (Phi) is 1.15. The highest BCUT2D eigenvalue weighted by Gasteiger charge is 2.16. The van der Waals surface area contributed by atoms with Crippen LogP contribution in [0.2, 0.25) is 0 Å². The van der Waals surface area contributed by atoms with E-state index in [0.29, 0.717) is 12.0 Å². The summed E-state index contributed by atoms with van der Waals surface area (Å²) < 4.78 is 0. The van der Waals surface area contributed by atoms with Crippen LogP contribution in [-0.4, -0.2) is 12.3 Å². The molecule has 0 radical (unpaired) electrons. The topological polar surface area (TPSA) is 12.4 Å². The van der Waals surface area contributed by atoms with Gasteiger partial charge in [-0.15, -0.1) is 0 Å². The largest absolute Gasteiger partial charge is 0.293 e. The number of hydrogen-bond donors (Lipinski definition) is 0. The lowest BCUT2D eigenvalue weighted by atomic mass is 10.0. The molecular weight excluding hydrogens is 110 g/mol. The molecule has 3 aliphatic rings. The maximum Gasteiger partial charge on any atom is 0.0530 e. The quantitative estimate of drug-likeness (QED) is 0.433. The third kappa shape index (κ3) is 0.913. The van der Waals surface area contributed by atoms with Crippen LogP contribution in [0.5, 0.6) is 0 Å². The first-order valence-electron chi connectivity index (χ1n) is 3.65. The van der Waals surface area contributed by atoms with Gasteiger partial charge >= 0.3 is 0 Å². The predicted molar refractivity (Wildman–Crippen MR) is 38.8 cm³/mol. The molecule has 0 aromatic rings. The van der Waals surface area contributed by atoms with Gasteiger partial charge in [-0.25, -0.2) is 0 Å². The van der Waals surface area contributed by atoms with Crippen LogP contribution < -0.4 is 0 Å². The summed E-state index contributed by atoms with van der Waals surface area (Å²) in [6.45, 7) is 0. The van der Waals surface area contributed by atoms with Crippen molar-refractivity contribution in [3.8, 4) is 0 Å². The van der Waals surface area contributed by atoms with E-state index >= 15 is 0 Å². The van der Waals surface area contributed by atoms with Crippen molar-refractivity contribution in [2.45, 2.75) is 25.3 Å². The smallest absolute Gasteiger partial charge is 0.0530 e. The van der Waals surface area contributed by atoms with Crippen LogP contribution in [0, 0.1) is 5.92 Å². The molecule has 2 heterocycles. The monoisotopic (exact) mass is 121 g/mol. The molecule has 0 N–H and O–H groups in total. The van der Waals surface area contributed by atoms with Crippen LogP contribution in [0.3, 0.4) is 0 Å². The second-order valence-electron chi connectivity index (χ2n) is 2.86. The van der Waals surface area contributed by atoms with Crippen molar-refractivity contribution in [2.24, 2.45) is 10.9 Å². The first-order valence-corrected chi connectivity index (χ1v) is 3.65. The highest BCUT2D eigenvalue weighted by molar-refractivity contribution is 5.64. The molecule has 1 aliphatic carbocycles. The molecule has 2 aliphatic heterocycles. The van der Waals surface area contributed by atoms with Gasteiger partial charge < -0.3 is 0 Å². The first-order chi connectivity index (χ1) is 4.45. The van der Waals surface area contributed by atoms with Gasteiger partial charge in [0.25, 0.3) is 0 Å². The van der Waals surface area contributed by atoms with Crippen molar-refractivity contribution >= 4 is 6.21 Å². The Morgan fingerprint density at radius 2 is 2.33 bits per heavy atom. The minimum Gasteiger partial charge on any atom is -0.293 e. The predicted octanol–water partition coefficient (Wildman–Crippen LogP) is 1.80. The standard InChI is InChI=1S/C8H11N/c1-2-7-4-5-8(3-1)9-6-7/h1-2,6-8H,3-5H2. The van der Waals surface area contributed by atoms with Gasteiger partial charge in [0.2, 0.25) is 0 Å². The number of fused-ring (bicyclic) bond motifs is 2. The maximum atomic E-state index is 4.40. The zero-order valence-corrected chi connectivity index (χ0v) is 5.46. The van der Waals surface area contributed by atoms with Crippen molar-refractivity contribution in [1.29, 1.82) is 0 Å². The van der Waals surface area contributed by atoms with Crippen molar-refractivity contribution in [2.75, 3.05) is 0 Å². The van der Waals surface area contributed by atoms with E-state index < -0.39 is 0 Å². The Morgan fingerprint density at radius 1 is 1.33 bits per heavy atom. The van der Waals surface area contributed by atoms with Gasteiger partial charge in [-0.3, -0.25) is 4.99 Å². The van der Waals surface area contributed by atoms with Crippen molar-refractivity contribution in [3.63, 3.8) is 0 Å². The molecule has 0 fully saturated rings. The average molecular weight is 121 g/mol. The third-order valence-corrected chi connectivity index (χ3v) is 2.11. The molecule has 2 atom stereocenters. The zero-order chi connectivity index (χ0) is 6.10. The van der Waals surface area contributed by atoms with E-state index in [9.17, 15) is 0 Å². The van der Waals surface area contributed by atoms with E-state index in [4.69, 9.17) is 0 Å². The van der Waals surface area contributed by atoms with Crippen LogP contribution in [0.1, 0.15) is 19.3 Å². The number of hydrogen-bond acceptors (Lipinski definition) is 1. The molecule has 0 aromatic carbocycles. The molecule has 2 bridgehead atoms. The van der Waals surface area contributed by atoms with E-state index in [-0.39, 0.29) is 0 Å². The van der Waals surface area contributed by atoms with Gasteiger partial charge in [0.15, 0.2) is 0 Å². The zero-order valence-electron chi connectivity index (χ0n) is 5.46. The van der Waals surface area contributed by atoms with Crippen LogP contribution in [0.15, 0.2) is 17.1 Å². The number of aliphatic imine (C=N–C) groups is 1. The Labute approximate surface area is 55.5 Å². The normalized spacial score (nSPS) is 39.1. The fraction of sp³-hybridized carbons (Fsp3) is 0.625. The highest BCUT2D eigenvalue weighted by Crippen LogP contribution is 2.22. The lowest BCUT2D eigenvalue weighted by molar-refractivity contribution is 0.560. The molecular formula is C8H11N. The fourth-order valence-electron chi connectivity index (χ4n) is 1.50. The van der Waals surface area contributed by atoms with Gasteiger partial charge in [0.05, 0.1) is 6.04 Å². The lowest BCUT2D eigenvalue weighted by Gasteiger charge is -2.14. The van der Waals surface area contributed by atoms with E-state index in [2.05, 4.69) is 23.4 Å².